The Morgan fingerprint density at radius 2 is 1.63 bits per heavy atom. The normalized spacial score (nSPS) is 23.9. The van der Waals surface area contributed by atoms with Gasteiger partial charge >= 0.3 is 0 Å². The van der Waals surface area contributed by atoms with Gasteiger partial charge in [-0.2, -0.15) is 0 Å². The van der Waals surface area contributed by atoms with E-state index in [1.807, 2.05) is 12.4 Å². The summed E-state index contributed by atoms with van der Waals surface area (Å²) < 4.78 is 42.6. The second-order valence-electron chi connectivity index (χ2n) is 11.7. The molecule has 0 N–H and O–H groups in total. The van der Waals surface area contributed by atoms with E-state index in [9.17, 15) is 4.39 Å². The summed E-state index contributed by atoms with van der Waals surface area (Å²) >= 11 is 0. The number of benzene rings is 1. The van der Waals surface area contributed by atoms with E-state index >= 15 is 0 Å². The largest absolute Gasteiger partial charge is 0.494 e. The van der Waals surface area contributed by atoms with Crippen molar-refractivity contribution in [1.29, 1.82) is 0 Å². The van der Waals surface area contributed by atoms with Crippen molar-refractivity contribution in [3.8, 4) is 5.75 Å². The molecule has 2 unspecified atom stereocenters. The number of methoxy groups -OCH3 is 2. The van der Waals surface area contributed by atoms with Crippen molar-refractivity contribution in [2.24, 2.45) is 10.9 Å². The second kappa shape index (κ2) is 17.3. The zero-order valence-corrected chi connectivity index (χ0v) is 25.3. The van der Waals surface area contributed by atoms with Crippen molar-refractivity contribution < 1.29 is 28.1 Å². The van der Waals surface area contributed by atoms with Crippen molar-refractivity contribution in [3.63, 3.8) is 0 Å². The van der Waals surface area contributed by atoms with Gasteiger partial charge in [-0.15, -0.1) is 0 Å². The molecule has 4 rings (SSSR count). The van der Waals surface area contributed by atoms with Crippen LogP contribution in [-0.2, 0) is 18.9 Å². The molecule has 9 nitrogen and oxygen atoms in total. The number of quaternary nitrogens is 1. The first-order chi connectivity index (χ1) is 20.1. The Morgan fingerprint density at radius 3 is 2.34 bits per heavy atom. The van der Waals surface area contributed by atoms with Gasteiger partial charge in [0.25, 0.3) is 0 Å². The fourth-order valence-electron chi connectivity index (χ4n) is 6.57. The van der Waals surface area contributed by atoms with Crippen LogP contribution in [0.2, 0.25) is 0 Å². The summed E-state index contributed by atoms with van der Waals surface area (Å²) in [6.07, 6.45) is 10.8. The highest BCUT2D eigenvalue weighted by Crippen LogP contribution is 2.35. The van der Waals surface area contributed by atoms with Crippen LogP contribution in [0.25, 0.3) is 0 Å². The predicted octanol–water partition coefficient (Wildman–Crippen LogP) is 4.14. The lowest BCUT2D eigenvalue weighted by molar-refractivity contribution is 0.000279. The van der Waals surface area contributed by atoms with Crippen LogP contribution in [0.1, 0.15) is 44.9 Å². The fraction of sp³-hybridized carbons (Fsp3) is 0.774. The average Bonchev–Trinajstić information content (AvgIpc) is 3.43. The first-order valence-electron chi connectivity index (χ1n) is 15.5. The maximum absolute atomic E-state index is 14.9. The fourth-order valence-corrected chi connectivity index (χ4v) is 6.57. The van der Waals surface area contributed by atoms with Crippen LogP contribution >= 0.6 is 0 Å². The standard InChI is InChI=1S/C31H52FN4O5/c1-37-15-16-40-19-20-41-18-17-39-14-13-35-12-6-9-28(35)22-34-24-33-25-36(26-34,23-27-7-4-3-5-8-27)29-10-11-31(38-2)30(32)21-29/h10-11,21,24,27-28H,3-9,12-20,22-23,25-26H2,1-2H3/q+1. The monoisotopic (exact) mass is 579 g/mol. The number of hydrogen-bond acceptors (Lipinski definition) is 8. The van der Waals surface area contributed by atoms with Crippen LogP contribution in [0.3, 0.4) is 0 Å². The lowest BCUT2D eigenvalue weighted by Crippen LogP contribution is -2.61. The van der Waals surface area contributed by atoms with E-state index in [0.717, 1.165) is 38.5 Å². The molecule has 2 atom stereocenters. The highest BCUT2D eigenvalue weighted by molar-refractivity contribution is 5.58. The van der Waals surface area contributed by atoms with Crippen LogP contribution in [0, 0.1) is 11.7 Å². The summed E-state index contributed by atoms with van der Waals surface area (Å²) in [6.45, 7) is 9.64. The molecule has 1 saturated carbocycles. The molecule has 1 aromatic carbocycles. The molecular formula is C31H52FN4O5+. The Hall–Kier alpha value is -1.82. The number of hydrogen-bond donors (Lipinski definition) is 0. The first-order valence-corrected chi connectivity index (χ1v) is 15.5. The lowest BCUT2D eigenvalue weighted by Gasteiger charge is -2.45. The number of nitrogens with zero attached hydrogens (tertiary/aromatic N) is 4. The first kappa shape index (κ1) is 32.1. The molecule has 0 aromatic heterocycles. The zero-order valence-electron chi connectivity index (χ0n) is 25.3. The van der Waals surface area contributed by atoms with E-state index < -0.39 is 0 Å². The molecule has 232 valence electrons. The smallest absolute Gasteiger partial charge is 0.180 e. The molecule has 1 aromatic rings. The quantitative estimate of drug-likeness (QED) is 0.191. The number of rotatable bonds is 18. The van der Waals surface area contributed by atoms with E-state index in [1.54, 1.807) is 19.2 Å². The van der Waals surface area contributed by atoms with E-state index in [-0.39, 0.29) is 5.82 Å². The van der Waals surface area contributed by atoms with Gasteiger partial charge in [0.05, 0.1) is 66.2 Å². The third-order valence-corrected chi connectivity index (χ3v) is 8.71. The van der Waals surface area contributed by atoms with Crippen LogP contribution in [0.4, 0.5) is 10.1 Å². The van der Waals surface area contributed by atoms with Crippen molar-refractivity contribution in [2.75, 3.05) is 100.0 Å². The van der Waals surface area contributed by atoms with Crippen LogP contribution in [-0.4, -0.2) is 122 Å². The number of halogens is 1. The number of likely N-dealkylation sites (tertiary alicyclic amines) is 1. The van der Waals surface area contributed by atoms with Crippen molar-refractivity contribution >= 4 is 12.0 Å². The number of ether oxygens (including phenoxy) is 5. The highest BCUT2D eigenvalue weighted by Gasteiger charge is 2.39. The molecular weight excluding hydrogens is 527 g/mol. The van der Waals surface area contributed by atoms with Gasteiger partial charge in [-0.3, -0.25) is 9.38 Å². The molecule has 10 heteroatoms. The van der Waals surface area contributed by atoms with Crippen LogP contribution in [0.5, 0.6) is 5.75 Å². The summed E-state index contributed by atoms with van der Waals surface area (Å²) in [7, 11) is 3.19. The molecule has 0 amide bonds. The third kappa shape index (κ3) is 9.86. The lowest BCUT2D eigenvalue weighted by atomic mass is 9.88. The van der Waals surface area contributed by atoms with E-state index in [4.69, 9.17) is 28.7 Å². The number of aliphatic imine (C=N–C) groups is 1. The Labute approximate surface area is 246 Å². The molecule has 1 saturated heterocycles. The van der Waals surface area contributed by atoms with E-state index in [2.05, 4.69) is 9.80 Å². The Morgan fingerprint density at radius 1 is 0.902 bits per heavy atom. The Balaban J connectivity index is 1.27. The van der Waals surface area contributed by atoms with Crippen LogP contribution < -0.4 is 9.22 Å². The third-order valence-electron chi connectivity index (χ3n) is 8.71. The Bertz CT molecular complexity index is 918. The topological polar surface area (TPSA) is 65.0 Å². The minimum Gasteiger partial charge on any atom is -0.494 e. The van der Waals surface area contributed by atoms with Crippen molar-refractivity contribution in [1.82, 2.24) is 14.3 Å². The summed E-state index contributed by atoms with van der Waals surface area (Å²) in [5.74, 6) is 0.649. The van der Waals surface area contributed by atoms with E-state index in [0.29, 0.717) is 75.1 Å². The molecule has 3 aliphatic rings. The van der Waals surface area contributed by atoms with Gasteiger partial charge in [0, 0.05) is 44.3 Å². The zero-order chi connectivity index (χ0) is 28.8. The second-order valence-corrected chi connectivity index (χ2v) is 11.7. The molecule has 2 heterocycles. The molecule has 0 spiro atoms. The van der Waals surface area contributed by atoms with Crippen molar-refractivity contribution in [2.45, 2.75) is 51.0 Å². The van der Waals surface area contributed by atoms with Gasteiger partial charge < -0.3 is 28.6 Å². The van der Waals surface area contributed by atoms with Gasteiger partial charge in [-0.25, -0.2) is 9.38 Å². The molecule has 0 bridgehead atoms. The van der Waals surface area contributed by atoms with Gasteiger partial charge in [-0.1, -0.05) is 19.3 Å². The summed E-state index contributed by atoms with van der Waals surface area (Å²) in [5.41, 5.74) is 0.996. The van der Waals surface area contributed by atoms with Gasteiger partial charge in [0.15, 0.2) is 24.9 Å². The molecule has 2 aliphatic heterocycles. The average molecular weight is 580 g/mol. The molecule has 1 aliphatic carbocycles. The summed E-state index contributed by atoms with van der Waals surface area (Å²) in [4.78, 5) is 9.80. The van der Waals surface area contributed by atoms with Gasteiger partial charge in [0.1, 0.15) is 5.69 Å². The minimum atomic E-state index is -0.296. The Kier molecular flexibility index (Phi) is 13.6. The summed E-state index contributed by atoms with van der Waals surface area (Å²) in [6, 6.07) is 5.96. The molecule has 0 radical (unpaired) electrons. The van der Waals surface area contributed by atoms with Gasteiger partial charge in [-0.05, 0) is 38.3 Å². The maximum Gasteiger partial charge on any atom is 0.180 e. The molecule has 2 fully saturated rings. The van der Waals surface area contributed by atoms with Crippen LogP contribution in [0.15, 0.2) is 23.2 Å². The molecule has 41 heavy (non-hydrogen) atoms. The highest BCUT2D eigenvalue weighted by atomic mass is 19.1. The van der Waals surface area contributed by atoms with E-state index in [1.165, 1.54) is 52.1 Å². The summed E-state index contributed by atoms with van der Waals surface area (Å²) in [5, 5.41) is 0. The minimum absolute atomic E-state index is 0.296. The predicted molar refractivity (Wildman–Crippen MR) is 160 cm³/mol. The van der Waals surface area contributed by atoms with Crippen molar-refractivity contribution in [3.05, 3.63) is 24.0 Å². The maximum atomic E-state index is 14.9. The SMILES string of the molecule is COCCOCCOCCOCCN1CCCC1CN1C=NC[N+](CC2CCCCC2)(c2ccc(OC)c(F)c2)C1. The van der Waals surface area contributed by atoms with Gasteiger partial charge in [0.2, 0.25) is 0 Å².